The van der Waals surface area contributed by atoms with Gasteiger partial charge in [-0.25, -0.2) is 4.98 Å². The fraction of sp³-hybridized carbons (Fsp3) is 0. The van der Waals surface area contributed by atoms with E-state index >= 15 is 0 Å². The molecule has 24 heavy (non-hydrogen) atoms. The number of hydrogen-bond acceptors (Lipinski definition) is 2. The van der Waals surface area contributed by atoms with Gasteiger partial charge in [0.15, 0.2) is 0 Å². The number of hydrogen-bond donors (Lipinski definition) is 1. The summed E-state index contributed by atoms with van der Waals surface area (Å²) in [6.07, 6.45) is 0. The summed E-state index contributed by atoms with van der Waals surface area (Å²) in [5, 5.41) is 12.4. The lowest BCUT2D eigenvalue weighted by atomic mass is 9.97. The number of aromatic nitrogens is 1. The number of benzene rings is 3. The Morgan fingerprint density at radius 2 is 1.38 bits per heavy atom. The maximum Gasteiger partial charge on any atom is 0.150 e. The van der Waals surface area contributed by atoms with E-state index in [1.165, 1.54) is 0 Å². The van der Waals surface area contributed by atoms with Crippen molar-refractivity contribution in [3.8, 4) is 28.1 Å². The van der Waals surface area contributed by atoms with Crippen LogP contribution in [0.5, 0.6) is 5.75 Å². The third-order valence-electron chi connectivity index (χ3n) is 4.03. The van der Waals surface area contributed by atoms with Gasteiger partial charge in [0.05, 0.1) is 5.52 Å². The third kappa shape index (κ3) is 2.51. The molecule has 116 valence electrons. The molecule has 0 atom stereocenters. The van der Waals surface area contributed by atoms with Crippen LogP contribution in [0.4, 0.5) is 0 Å². The highest BCUT2D eigenvalue weighted by Gasteiger charge is 2.17. The Morgan fingerprint density at radius 3 is 2.04 bits per heavy atom. The minimum absolute atomic E-state index is 0.169. The smallest absolute Gasteiger partial charge is 0.150 e. The zero-order valence-corrected chi connectivity index (χ0v) is 13.5. The minimum atomic E-state index is 0.169. The van der Waals surface area contributed by atoms with Crippen LogP contribution in [-0.4, -0.2) is 10.1 Å². The SMILES string of the molecule is Oc1c(-c2ccccc2)nc2ccc(Cl)cc2c1-c1ccccc1. The van der Waals surface area contributed by atoms with E-state index in [1.54, 1.807) is 0 Å². The van der Waals surface area contributed by atoms with Crippen LogP contribution in [0, 0.1) is 0 Å². The molecule has 3 heteroatoms. The number of halogens is 1. The van der Waals surface area contributed by atoms with Crippen LogP contribution in [-0.2, 0) is 0 Å². The van der Waals surface area contributed by atoms with Crippen molar-refractivity contribution in [1.29, 1.82) is 0 Å². The molecule has 0 unspecified atom stereocenters. The van der Waals surface area contributed by atoms with Crippen LogP contribution < -0.4 is 0 Å². The number of nitrogens with zero attached hydrogens (tertiary/aromatic N) is 1. The third-order valence-corrected chi connectivity index (χ3v) is 4.27. The molecule has 0 spiro atoms. The lowest BCUT2D eigenvalue weighted by Gasteiger charge is -2.14. The Bertz CT molecular complexity index is 1010. The normalized spacial score (nSPS) is 10.9. The van der Waals surface area contributed by atoms with Crippen molar-refractivity contribution in [3.05, 3.63) is 83.9 Å². The molecule has 0 saturated heterocycles. The Morgan fingerprint density at radius 1 is 0.750 bits per heavy atom. The predicted molar refractivity (Wildman–Crippen MR) is 99.3 cm³/mol. The molecule has 0 bridgehead atoms. The Kier molecular flexibility index (Phi) is 3.68. The van der Waals surface area contributed by atoms with Gasteiger partial charge in [-0.2, -0.15) is 0 Å². The van der Waals surface area contributed by atoms with Gasteiger partial charge in [0, 0.05) is 21.5 Å². The summed E-state index contributed by atoms with van der Waals surface area (Å²) in [5.41, 5.74) is 3.94. The van der Waals surface area contributed by atoms with Crippen LogP contribution in [0.3, 0.4) is 0 Å². The van der Waals surface area contributed by atoms with Crippen LogP contribution in [0.1, 0.15) is 0 Å². The second kappa shape index (κ2) is 5.99. The molecule has 0 fully saturated rings. The molecule has 4 rings (SSSR count). The van der Waals surface area contributed by atoms with Gasteiger partial charge in [0.2, 0.25) is 0 Å². The lowest BCUT2D eigenvalue weighted by molar-refractivity contribution is 0.478. The van der Waals surface area contributed by atoms with E-state index in [0.29, 0.717) is 10.7 Å². The first kappa shape index (κ1) is 14.7. The second-order valence-electron chi connectivity index (χ2n) is 5.58. The number of aromatic hydroxyl groups is 1. The molecule has 0 radical (unpaired) electrons. The van der Waals surface area contributed by atoms with E-state index in [2.05, 4.69) is 4.98 Å². The van der Waals surface area contributed by atoms with E-state index in [9.17, 15) is 5.11 Å². The number of pyridine rings is 1. The summed E-state index contributed by atoms with van der Waals surface area (Å²) in [5.74, 6) is 0.169. The first-order chi connectivity index (χ1) is 11.7. The molecule has 3 aromatic carbocycles. The van der Waals surface area contributed by atoms with Crippen molar-refractivity contribution < 1.29 is 5.11 Å². The number of rotatable bonds is 2. The summed E-state index contributed by atoms with van der Waals surface area (Å²) in [7, 11) is 0. The van der Waals surface area contributed by atoms with Gasteiger partial charge in [-0.15, -0.1) is 0 Å². The molecule has 0 amide bonds. The zero-order chi connectivity index (χ0) is 16.5. The zero-order valence-electron chi connectivity index (χ0n) is 12.8. The van der Waals surface area contributed by atoms with Crippen LogP contribution >= 0.6 is 11.6 Å². The minimum Gasteiger partial charge on any atom is -0.505 e. The van der Waals surface area contributed by atoms with Gasteiger partial charge < -0.3 is 5.11 Å². The first-order valence-corrected chi connectivity index (χ1v) is 8.05. The van der Waals surface area contributed by atoms with Crippen molar-refractivity contribution in [2.75, 3.05) is 0 Å². The van der Waals surface area contributed by atoms with E-state index in [1.807, 2.05) is 78.9 Å². The summed E-state index contributed by atoms with van der Waals surface area (Å²) in [6.45, 7) is 0. The molecular weight excluding hydrogens is 318 g/mol. The van der Waals surface area contributed by atoms with Gasteiger partial charge in [0.25, 0.3) is 0 Å². The molecule has 1 heterocycles. The highest BCUT2D eigenvalue weighted by atomic mass is 35.5. The fourth-order valence-electron chi connectivity index (χ4n) is 2.92. The fourth-order valence-corrected chi connectivity index (χ4v) is 3.09. The first-order valence-electron chi connectivity index (χ1n) is 7.67. The maximum absolute atomic E-state index is 11.0. The molecule has 1 N–H and O–H groups in total. The average molecular weight is 332 g/mol. The molecule has 2 nitrogen and oxygen atoms in total. The van der Waals surface area contributed by atoms with Crippen molar-refractivity contribution in [2.24, 2.45) is 0 Å². The number of fused-ring (bicyclic) bond motifs is 1. The van der Waals surface area contributed by atoms with Gasteiger partial charge >= 0.3 is 0 Å². The monoisotopic (exact) mass is 331 g/mol. The van der Waals surface area contributed by atoms with Crippen LogP contribution in [0.15, 0.2) is 78.9 Å². The summed E-state index contributed by atoms with van der Waals surface area (Å²) in [6, 6.07) is 25.1. The average Bonchev–Trinajstić information content (AvgIpc) is 2.63. The molecule has 0 aliphatic heterocycles. The molecule has 0 saturated carbocycles. The van der Waals surface area contributed by atoms with Crippen LogP contribution in [0.2, 0.25) is 5.02 Å². The van der Waals surface area contributed by atoms with Crippen molar-refractivity contribution in [1.82, 2.24) is 4.98 Å². The topological polar surface area (TPSA) is 33.1 Å². The molecule has 1 aromatic heterocycles. The molecule has 0 aliphatic rings. The summed E-state index contributed by atoms with van der Waals surface area (Å²) < 4.78 is 0. The molecular formula is C21H14ClNO. The molecule has 0 aliphatic carbocycles. The summed E-state index contributed by atoms with van der Waals surface area (Å²) in [4.78, 5) is 4.66. The standard InChI is InChI=1S/C21H14ClNO/c22-16-11-12-18-17(13-16)19(14-7-3-1-4-8-14)21(24)20(23-18)15-9-5-2-6-10-15/h1-13,24H. The van der Waals surface area contributed by atoms with Gasteiger partial charge in [0.1, 0.15) is 11.4 Å². The Hall–Kier alpha value is -2.84. The van der Waals surface area contributed by atoms with E-state index in [-0.39, 0.29) is 5.75 Å². The molecule has 4 aromatic rings. The highest BCUT2D eigenvalue weighted by molar-refractivity contribution is 6.31. The van der Waals surface area contributed by atoms with Gasteiger partial charge in [-0.05, 0) is 23.8 Å². The largest absolute Gasteiger partial charge is 0.505 e. The maximum atomic E-state index is 11.0. The predicted octanol–water partition coefficient (Wildman–Crippen LogP) is 5.93. The van der Waals surface area contributed by atoms with E-state index in [4.69, 9.17) is 11.6 Å². The second-order valence-corrected chi connectivity index (χ2v) is 6.01. The van der Waals surface area contributed by atoms with Crippen molar-refractivity contribution >= 4 is 22.5 Å². The lowest BCUT2D eigenvalue weighted by Crippen LogP contribution is -1.92. The van der Waals surface area contributed by atoms with Crippen molar-refractivity contribution in [2.45, 2.75) is 0 Å². The summed E-state index contributed by atoms with van der Waals surface area (Å²) >= 11 is 6.18. The van der Waals surface area contributed by atoms with E-state index < -0.39 is 0 Å². The Labute approximate surface area is 145 Å². The van der Waals surface area contributed by atoms with Crippen LogP contribution in [0.25, 0.3) is 33.3 Å². The quantitative estimate of drug-likeness (QED) is 0.494. The van der Waals surface area contributed by atoms with E-state index in [0.717, 1.165) is 27.6 Å². The van der Waals surface area contributed by atoms with Crippen molar-refractivity contribution in [3.63, 3.8) is 0 Å². The Balaban J connectivity index is 2.11. The highest BCUT2D eigenvalue weighted by Crippen LogP contribution is 2.42. The van der Waals surface area contributed by atoms with Gasteiger partial charge in [-0.1, -0.05) is 72.3 Å². The van der Waals surface area contributed by atoms with Gasteiger partial charge in [-0.3, -0.25) is 0 Å².